The smallest absolute Gasteiger partial charge is 0.311 e. The van der Waals surface area contributed by atoms with Gasteiger partial charge >= 0.3 is 5.97 Å². The second-order valence-corrected chi connectivity index (χ2v) is 5.68. The molecule has 6 heteroatoms. The molecule has 114 valence electrons. The molecule has 0 saturated heterocycles. The van der Waals surface area contributed by atoms with Crippen LogP contribution in [-0.2, 0) is 16.0 Å². The van der Waals surface area contributed by atoms with E-state index in [2.05, 4.69) is 35.8 Å². The van der Waals surface area contributed by atoms with Crippen LogP contribution in [0.4, 0.5) is 5.13 Å². The van der Waals surface area contributed by atoms with Crippen molar-refractivity contribution in [1.82, 2.24) is 9.88 Å². The Morgan fingerprint density at radius 1 is 1.35 bits per heavy atom. The van der Waals surface area contributed by atoms with E-state index in [9.17, 15) is 4.79 Å². The summed E-state index contributed by atoms with van der Waals surface area (Å²) in [6.07, 6.45) is 1.37. The summed E-state index contributed by atoms with van der Waals surface area (Å²) in [5.74, 6) is -0.208. The van der Waals surface area contributed by atoms with Crippen LogP contribution in [0.15, 0.2) is 5.38 Å². The molecule has 0 aliphatic rings. The predicted octanol–water partition coefficient (Wildman–Crippen LogP) is 2.03. The Kier molecular flexibility index (Phi) is 7.54. The molecule has 1 heterocycles. The Morgan fingerprint density at radius 2 is 2.10 bits per heavy atom. The summed E-state index contributed by atoms with van der Waals surface area (Å²) >= 11 is 1.59. The third kappa shape index (κ3) is 5.88. The highest BCUT2D eigenvalue weighted by atomic mass is 32.1. The maximum absolute atomic E-state index is 11.4. The van der Waals surface area contributed by atoms with E-state index in [1.807, 2.05) is 12.3 Å². The van der Waals surface area contributed by atoms with Gasteiger partial charge in [0.2, 0.25) is 0 Å². The van der Waals surface area contributed by atoms with Crippen molar-refractivity contribution in [2.45, 2.75) is 26.7 Å². The molecule has 0 bridgehead atoms. The lowest BCUT2D eigenvalue weighted by atomic mass is 10.3. The first-order valence-corrected chi connectivity index (χ1v) is 7.94. The number of carbonyl (C=O) groups is 1. The minimum atomic E-state index is -0.208. The first-order valence-electron chi connectivity index (χ1n) is 7.06. The van der Waals surface area contributed by atoms with Crippen molar-refractivity contribution in [1.29, 1.82) is 0 Å². The van der Waals surface area contributed by atoms with Crippen molar-refractivity contribution in [3.63, 3.8) is 0 Å². The minimum Gasteiger partial charge on any atom is -0.466 e. The molecule has 20 heavy (non-hydrogen) atoms. The van der Waals surface area contributed by atoms with Crippen molar-refractivity contribution < 1.29 is 9.53 Å². The molecule has 0 amide bonds. The Morgan fingerprint density at radius 3 is 2.70 bits per heavy atom. The fraction of sp³-hybridized carbons (Fsp3) is 0.714. The van der Waals surface area contributed by atoms with Gasteiger partial charge in [0, 0.05) is 18.5 Å². The molecule has 0 spiro atoms. The number of nitrogens with zero attached hydrogens (tertiary/aromatic N) is 3. The van der Waals surface area contributed by atoms with Crippen LogP contribution in [0.3, 0.4) is 0 Å². The highest BCUT2D eigenvalue weighted by Crippen LogP contribution is 2.21. The van der Waals surface area contributed by atoms with Gasteiger partial charge in [-0.1, -0.05) is 0 Å². The van der Waals surface area contributed by atoms with Gasteiger partial charge < -0.3 is 14.5 Å². The predicted molar refractivity (Wildman–Crippen MR) is 83.5 cm³/mol. The molecule has 5 nitrogen and oxygen atoms in total. The second kappa shape index (κ2) is 8.92. The first kappa shape index (κ1) is 16.9. The first-order chi connectivity index (χ1) is 9.56. The summed E-state index contributed by atoms with van der Waals surface area (Å²) in [5, 5.41) is 2.94. The Labute approximate surface area is 125 Å². The zero-order valence-corrected chi connectivity index (χ0v) is 13.7. The van der Waals surface area contributed by atoms with E-state index < -0.39 is 0 Å². The van der Waals surface area contributed by atoms with Crippen molar-refractivity contribution in [3.05, 3.63) is 11.1 Å². The maximum Gasteiger partial charge on any atom is 0.311 e. The molecule has 0 unspecified atom stereocenters. The van der Waals surface area contributed by atoms with Crippen molar-refractivity contribution in [2.24, 2.45) is 0 Å². The molecule has 0 fully saturated rings. The lowest BCUT2D eigenvalue weighted by molar-refractivity contribution is -0.142. The van der Waals surface area contributed by atoms with Gasteiger partial charge in [0.1, 0.15) is 0 Å². The topological polar surface area (TPSA) is 45.7 Å². The van der Waals surface area contributed by atoms with Crippen LogP contribution >= 0.6 is 11.3 Å². The van der Waals surface area contributed by atoms with Crippen LogP contribution in [0.25, 0.3) is 0 Å². The number of carbonyl (C=O) groups excluding carboxylic acids is 1. The average Bonchev–Trinajstić information content (AvgIpc) is 2.83. The lowest BCUT2D eigenvalue weighted by Gasteiger charge is -2.20. The third-order valence-corrected chi connectivity index (χ3v) is 3.81. The Hall–Kier alpha value is -1.14. The van der Waals surface area contributed by atoms with Gasteiger partial charge in [0.15, 0.2) is 5.13 Å². The quantitative estimate of drug-likeness (QED) is 0.653. The number of hydrogen-bond donors (Lipinski definition) is 0. The number of rotatable bonds is 9. The van der Waals surface area contributed by atoms with Gasteiger partial charge in [-0.25, -0.2) is 4.98 Å². The Bertz CT molecular complexity index is 407. The van der Waals surface area contributed by atoms with Crippen LogP contribution in [0.1, 0.15) is 26.0 Å². The number of anilines is 1. The summed E-state index contributed by atoms with van der Waals surface area (Å²) in [6.45, 7) is 7.34. The summed E-state index contributed by atoms with van der Waals surface area (Å²) in [7, 11) is 4.16. The standard InChI is InChI=1S/C14H25N3O2S/c1-5-17(9-7-8-16(3)4)14-15-12(11-20-14)10-13(18)19-6-2/h11H,5-10H2,1-4H3. The summed E-state index contributed by atoms with van der Waals surface area (Å²) in [6, 6.07) is 0. The molecule has 0 atom stereocenters. The molecule has 0 aromatic carbocycles. The monoisotopic (exact) mass is 299 g/mol. The summed E-state index contributed by atoms with van der Waals surface area (Å²) in [5.41, 5.74) is 0.800. The molecule has 1 rings (SSSR count). The van der Waals surface area contributed by atoms with Gasteiger partial charge in [0.05, 0.1) is 18.7 Å². The number of aromatic nitrogens is 1. The zero-order valence-electron chi connectivity index (χ0n) is 12.9. The van der Waals surface area contributed by atoms with E-state index in [1.165, 1.54) is 0 Å². The Balaban J connectivity index is 2.52. The molecule has 1 aromatic rings. The van der Waals surface area contributed by atoms with Crippen LogP contribution in [0, 0.1) is 0 Å². The molecule has 0 radical (unpaired) electrons. The molecule has 0 N–H and O–H groups in total. The maximum atomic E-state index is 11.4. The third-order valence-electron chi connectivity index (χ3n) is 2.86. The second-order valence-electron chi connectivity index (χ2n) is 4.84. The van der Waals surface area contributed by atoms with Gasteiger partial charge in [-0.15, -0.1) is 11.3 Å². The number of ether oxygens (including phenoxy) is 1. The van der Waals surface area contributed by atoms with E-state index in [1.54, 1.807) is 11.3 Å². The van der Waals surface area contributed by atoms with Crippen LogP contribution in [0.5, 0.6) is 0 Å². The largest absolute Gasteiger partial charge is 0.466 e. The molecular weight excluding hydrogens is 274 g/mol. The number of hydrogen-bond acceptors (Lipinski definition) is 6. The normalized spacial score (nSPS) is 10.8. The SMILES string of the molecule is CCOC(=O)Cc1csc(N(CC)CCCN(C)C)n1. The van der Waals surface area contributed by atoms with E-state index in [-0.39, 0.29) is 12.4 Å². The van der Waals surface area contributed by atoms with Gasteiger partial charge in [-0.05, 0) is 40.9 Å². The molecule has 0 aliphatic carbocycles. The summed E-state index contributed by atoms with van der Waals surface area (Å²) < 4.78 is 4.94. The minimum absolute atomic E-state index is 0.208. The van der Waals surface area contributed by atoms with Crippen molar-refractivity contribution >= 4 is 22.4 Å². The van der Waals surface area contributed by atoms with Gasteiger partial charge in [-0.2, -0.15) is 0 Å². The van der Waals surface area contributed by atoms with Crippen molar-refractivity contribution in [2.75, 3.05) is 45.2 Å². The molecule has 0 saturated carbocycles. The van der Waals surface area contributed by atoms with Crippen LogP contribution < -0.4 is 4.90 Å². The van der Waals surface area contributed by atoms with Crippen LogP contribution in [0.2, 0.25) is 0 Å². The van der Waals surface area contributed by atoms with E-state index in [0.29, 0.717) is 6.61 Å². The molecule has 0 aliphatic heterocycles. The fourth-order valence-electron chi connectivity index (χ4n) is 1.85. The van der Waals surface area contributed by atoms with E-state index in [0.717, 1.165) is 36.9 Å². The van der Waals surface area contributed by atoms with E-state index >= 15 is 0 Å². The highest BCUT2D eigenvalue weighted by Gasteiger charge is 2.12. The lowest BCUT2D eigenvalue weighted by Crippen LogP contribution is -2.26. The fourth-order valence-corrected chi connectivity index (χ4v) is 2.77. The molecule has 1 aromatic heterocycles. The van der Waals surface area contributed by atoms with Gasteiger partial charge in [0.25, 0.3) is 0 Å². The number of thiazole rings is 1. The highest BCUT2D eigenvalue weighted by molar-refractivity contribution is 7.13. The summed E-state index contributed by atoms with van der Waals surface area (Å²) in [4.78, 5) is 20.4. The van der Waals surface area contributed by atoms with Crippen molar-refractivity contribution in [3.8, 4) is 0 Å². The van der Waals surface area contributed by atoms with E-state index in [4.69, 9.17) is 4.74 Å². The zero-order chi connectivity index (χ0) is 15.0. The van der Waals surface area contributed by atoms with Gasteiger partial charge in [-0.3, -0.25) is 4.79 Å². The number of esters is 1. The average molecular weight is 299 g/mol. The molecular formula is C14H25N3O2S. The van der Waals surface area contributed by atoms with Crippen LogP contribution in [-0.4, -0.2) is 56.2 Å².